The van der Waals surface area contributed by atoms with E-state index < -0.39 is 5.60 Å². The highest BCUT2D eigenvalue weighted by Crippen LogP contribution is 2.21. The summed E-state index contributed by atoms with van der Waals surface area (Å²) in [6.45, 7) is 15.6. The van der Waals surface area contributed by atoms with Gasteiger partial charge in [0.15, 0.2) is 5.96 Å². The summed E-state index contributed by atoms with van der Waals surface area (Å²) in [6.07, 6.45) is 2.97. The number of nitrogens with zero attached hydrogens (tertiary/aromatic N) is 2. The molecular weight excluding hydrogens is 471 g/mol. The van der Waals surface area contributed by atoms with E-state index in [1.165, 1.54) is 0 Å². The van der Waals surface area contributed by atoms with Crippen LogP contribution in [0.2, 0.25) is 0 Å². The van der Waals surface area contributed by atoms with Crippen LogP contribution in [0.5, 0.6) is 0 Å². The van der Waals surface area contributed by atoms with Crippen LogP contribution in [-0.2, 0) is 9.47 Å². The maximum Gasteiger partial charge on any atom is 0.410 e. The first kappa shape index (κ1) is 27.2. The largest absolute Gasteiger partial charge is 0.444 e. The standard InChI is InChI=1S/C20H40N4O3.HI/c1-8-21-17(23-15-20(5,6)26-7)22-12-11-16-10-9-13-24(14-16)18(25)27-19(2,3)4;/h16H,8-15H2,1-7H3,(H2,21,22,23);1H. The zero-order chi connectivity index (χ0) is 20.5. The lowest BCUT2D eigenvalue weighted by Gasteiger charge is -2.34. The molecule has 1 aliphatic rings. The first-order valence-electron chi connectivity index (χ1n) is 10.1. The Balaban J connectivity index is 0.00000729. The highest BCUT2D eigenvalue weighted by Gasteiger charge is 2.27. The molecule has 1 atom stereocenters. The minimum Gasteiger partial charge on any atom is -0.444 e. The van der Waals surface area contributed by atoms with Gasteiger partial charge in [0.25, 0.3) is 0 Å². The van der Waals surface area contributed by atoms with Gasteiger partial charge in [-0.2, -0.15) is 0 Å². The summed E-state index contributed by atoms with van der Waals surface area (Å²) >= 11 is 0. The van der Waals surface area contributed by atoms with Crippen molar-refractivity contribution in [3.63, 3.8) is 0 Å². The number of hydrogen-bond donors (Lipinski definition) is 2. The van der Waals surface area contributed by atoms with Crippen molar-refractivity contribution in [2.24, 2.45) is 10.9 Å². The molecule has 0 aromatic carbocycles. The summed E-state index contributed by atoms with van der Waals surface area (Å²) in [6, 6.07) is 0. The third kappa shape index (κ3) is 11.3. The van der Waals surface area contributed by atoms with E-state index >= 15 is 0 Å². The Hall–Kier alpha value is -0.770. The molecule has 1 unspecified atom stereocenters. The van der Waals surface area contributed by atoms with Gasteiger partial charge in [-0.05, 0) is 66.7 Å². The minimum atomic E-state index is -0.446. The van der Waals surface area contributed by atoms with Crippen LogP contribution in [-0.4, -0.2) is 68.0 Å². The average molecular weight is 512 g/mol. The molecule has 2 N–H and O–H groups in total. The number of carbonyl (C=O) groups is 1. The molecule has 0 bridgehead atoms. The van der Waals surface area contributed by atoms with Gasteiger partial charge >= 0.3 is 6.09 Å². The van der Waals surface area contributed by atoms with Crippen molar-refractivity contribution in [3.8, 4) is 0 Å². The van der Waals surface area contributed by atoms with E-state index in [0.29, 0.717) is 12.5 Å². The third-order valence-corrected chi connectivity index (χ3v) is 4.53. The van der Waals surface area contributed by atoms with Crippen molar-refractivity contribution < 1.29 is 14.3 Å². The van der Waals surface area contributed by atoms with Gasteiger partial charge in [-0.25, -0.2) is 4.79 Å². The number of carbonyl (C=O) groups excluding carboxylic acids is 1. The molecule has 0 aromatic heterocycles. The van der Waals surface area contributed by atoms with E-state index in [1.807, 2.05) is 39.5 Å². The number of piperidine rings is 1. The van der Waals surface area contributed by atoms with Gasteiger partial charge in [0.1, 0.15) is 5.60 Å². The van der Waals surface area contributed by atoms with Crippen LogP contribution >= 0.6 is 24.0 Å². The average Bonchev–Trinajstić information content (AvgIpc) is 2.58. The van der Waals surface area contributed by atoms with Gasteiger partial charge < -0.3 is 25.0 Å². The summed E-state index contributed by atoms with van der Waals surface area (Å²) in [4.78, 5) is 18.7. The maximum absolute atomic E-state index is 12.3. The number of rotatable bonds is 7. The summed E-state index contributed by atoms with van der Waals surface area (Å²) < 4.78 is 10.9. The third-order valence-electron chi connectivity index (χ3n) is 4.53. The number of halogens is 1. The Morgan fingerprint density at radius 1 is 1.21 bits per heavy atom. The van der Waals surface area contributed by atoms with Crippen molar-refractivity contribution in [1.29, 1.82) is 0 Å². The number of guanidine groups is 1. The number of amides is 1. The Bertz CT molecular complexity index is 492. The molecule has 7 nitrogen and oxygen atoms in total. The number of nitrogens with one attached hydrogen (secondary N) is 2. The molecule has 1 saturated heterocycles. The molecule has 1 rings (SSSR count). The van der Waals surface area contributed by atoms with Gasteiger partial charge in [-0.1, -0.05) is 0 Å². The predicted octanol–water partition coefficient (Wildman–Crippen LogP) is 3.62. The van der Waals surface area contributed by atoms with Crippen molar-refractivity contribution in [3.05, 3.63) is 0 Å². The lowest BCUT2D eigenvalue weighted by Crippen LogP contribution is -2.44. The van der Waals surface area contributed by atoms with E-state index in [4.69, 9.17) is 9.47 Å². The molecule has 28 heavy (non-hydrogen) atoms. The van der Waals surface area contributed by atoms with Crippen molar-refractivity contribution in [2.45, 2.75) is 72.0 Å². The smallest absolute Gasteiger partial charge is 0.410 e. The van der Waals surface area contributed by atoms with Crippen LogP contribution in [0, 0.1) is 5.92 Å². The molecule has 0 radical (unpaired) electrons. The van der Waals surface area contributed by atoms with Crippen LogP contribution in [0.3, 0.4) is 0 Å². The minimum absolute atomic E-state index is 0. The van der Waals surface area contributed by atoms with E-state index in [0.717, 1.165) is 51.4 Å². The number of likely N-dealkylation sites (tertiary alicyclic amines) is 1. The van der Waals surface area contributed by atoms with Gasteiger partial charge in [-0.3, -0.25) is 4.99 Å². The molecule has 0 spiro atoms. The first-order chi connectivity index (χ1) is 12.6. The lowest BCUT2D eigenvalue weighted by atomic mass is 9.95. The summed E-state index contributed by atoms with van der Waals surface area (Å²) in [5.41, 5.74) is -0.724. The van der Waals surface area contributed by atoms with Crippen LogP contribution < -0.4 is 10.6 Å². The second-order valence-corrected chi connectivity index (χ2v) is 8.81. The van der Waals surface area contributed by atoms with E-state index in [1.54, 1.807) is 7.11 Å². The van der Waals surface area contributed by atoms with Crippen LogP contribution in [0.15, 0.2) is 4.99 Å². The Kier molecular flexibility index (Phi) is 12.4. The summed E-state index contributed by atoms with van der Waals surface area (Å²) in [5.74, 6) is 1.29. The molecular formula is C20H41IN4O3. The zero-order valence-electron chi connectivity index (χ0n) is 18.8. The Morgan fingerprint density at radius 2 is 1.89 bits per heavy atom. The second kappa shape index (κ2) is 12.7. The number of methoxy groups -OCH3 is 1. The number of hydrogen-bond acceptors (Lipinski definition) is 4. The SMILES string of the molecule is CCNC(=NCC(C)(C)OC)NCCC1CCCN(C(=O)OC(C)(C)C)C1.I. The van der Waals surface area contributed by atoms with Gasteiger partial charge in [-0.15, -0.1) is 24.0 Å². The molecule has 166 valence electrons. The van der Waals surface area contributed by atoms with E-state index in [9.17, 15) is 4.79 Å². The number of ether oxygens (including phenoxy) is 2. The topological polar surface area (TPSA) is 75.2 Å². The maximum atomic E-state index is 12.3. The summed E-state index contributed by atoms with van der Waals surface area (Å²) in [5, 5.41) is 6.66. The molecule has 0 aromatic rings. The fourth-order valence-corrected chi connectivity index (χ4v) is 2.86. The quantitative estimate of drug-likeness (QED) is 0.310. The lowest BCUT2D eigenvalue weighted by molar-refractivity contribution is 0.0162. The molecule has 0 aliphatic carbocycles. The van der Waals surface area contributed by atoms with Crippen LogP contribution in [0.25, 0.3) is 0 Å². The van der Waals surface area contributed by atoms with Crippen molar-refractivity contribution in [2.75, 3.05) is 39.8 Å². The summed E-state index contributed by atoms with van der Waals surface area (Å²) in [7, 11) is 1.70. The highest BCUT2D eigenvalue weighted by atomic mass is 127. The normalized spacial score (nSPS) is 18.3. The fourth-order valence-electron chi connectivity index (χ4n) is 2.86. The van der Waals surface area contributed by atoms with Crippen molar-refractivity contribution in [1.82, 2.24) is 15.5 Å². The number of aliphatic imine (C=N–C) groups is 1. The van der Waals surface area contributed by atoms with Crippen molar-refractivity contribution >= 4 is 36.0 Å². The van der Waals surface area contributed by atoms with Crippen LogP contribution in [0.4, 0.5) is 4.79 Å². The molecule has 1 heterocycles. The Labute approximate surface area is 188 Å². The van der Waals surface area contributed by atoms with Gasteiger partial charge in [0.2, 0.25) is 0 Å². The van der Waals surface area contributed by atoms with E-state index in [2.05, 4.69) is 22.5 Å². The predicted molar refractivity (Wildman–Crippen MR) is 126 cm³/mol. The van der Waals surface area contributed by atoms with E-state index in [-0.39, 0.29) is 35.7 Å². The van der Waals surface area contributed by atoms with Gasteiger partial charge in [0.05, 0.1) is 12.1 Å². The molecule has 1 fully saturated rings. The molecule has 1 amide bonds. The molecule has 0 saturated carbocycles. The van der Waals surface area contributed by atoms with Crippen LogP contribution in [0.1, 0.15) is 60.8 Å². The first-order valence-corrected chi connectivity index (χ1v) is 10.1. The Morgan fingerprint density at radius 3 is 2.46 bits per heavy atom. The highest BCUT2D eigenvalue weighted by molar-refractivity contribution is 14.0. The second-order valence-electron chi connectivity index (χ2n) is 8.81. The molecule has 8 heteroatoms. The van der Waals surface area contributed by atoms with Gasteiger partial charge in [0, 0.05) is 33.3 Å². The molecule has 1 aliphatic heterocycles. The monoisotopic (exact) mass is 512 g/mol. The zero-order valence-corrected chi connectivity index (χ0v) is 21.1. The fraction of sp³-hybridized carbons (Fsp3) is 0.900.